The quantitative estimate of drug-likeness (QED) is 0.240. The van der Waals surface area contributed by atoms with Gasteiger partial charge in [-0.15, -0.1) is 0 Å². The highest BCUT2D eigenvalue weighted by molar-refractivity contribution is 7.92. The number of nitrogens with one attached hydrogen (secondary N) is 1. The third kappa shape index (κ3) is 8.06. The second-order valence-corrected chi connectivity index (χ2v) is 12.5. The summed E-state index contributed by atoms with van der Waals surface area (Å²) >= 11 is 0. The number of anilines is 1. The van der Waals surface area contributed by atoms with Crippen molar-refractivity contribution in [2.75, 3.05) is 18.0 Å². The monoisotopic (exact) mass is 596 g/mol. The number of amides is 2. The lowest BCUT2D eigenvalue weighted by atomic mass is 10.1. The molecule has 0 saturated carbocycles. The van der Waals surface area contributed by atoms with Crippen LogP contribution in [0.1, 0.15) is 39.7 Å². The normalized spacial score (nSPS) is 12.2. The van der Waals surface area contributed by atoms with Crippen LogP contribution in [0, 0.1) is 10.1 Å². The van der Waals surface area contributed by atoms with Crippen molar-refractivity contribution >= 4 is 33.2 Å². The standard InChI is InChI=1S/C30H36N4O7S/c1-6-27(29(36)31-30(2,3)4)32(20-22-11-10-12-25(19-22)41-5)28(35)21-33(23-15-17-24(18-16-23)34(37)38)42(39,40)26-13-8-7-9-14-26/h7-19,27H,6,20-21H2,1-5H3,(H,31,36)/t27-/m0/s1. The van der Waals surface area contributed by atoms with E-state index < -0.39 is 39.0 Å². The minimum absolute atomic E-state index is 0.00554. The SMILES string of the molecule is CC[C@@H](C(=O)NC(C)(C)C)N(Cc1cccc(OC)c1)C(=O)CN(c1ccc([N+](=O)[O-])cc1)S(=O)(=O)c1ccccc1. The molecule has 0 heterocycles. The van der Waals surface area contributed by atoms with Crippen LogP contribution in [-0.4, -0.2) is 55.3 Å². The molecule has 0 aromatic heterocycles. The number of nitro groups is 1. The first kappa shape index (κ1) is 32.1. The number of carbonyl (C=O) groups is 2. The van der Waals surface area contributed by atoms with Crippen molar-refractivity contribution in [1.29, 1.82) is 0 Å². The molecule has 0 radical (unpaired) electrons. The lowest BCUT2D eigenvalue weighted by molar-refractivity contribution is -0.384. The van der Waals surface area contributed by atoms with Crippen LogP contribution in [0.3, 0.4) is 0 Å². The molecular formula is C30H36N4O7S. The van der Waals surface area contributed by atoms with Crippen molar-refractivity contribution in [2.45, 2.75) is 57.1 Å². The zero-order valence-electron chi connectivity index (χ0n) is 24.3. The summed E-state index contributed by atoms with van der Waals surface area (Å²) in [7, 11) is -2.77. The van der Waals surface area contributed by atoms with Gasteiger partial charge in [0.2, 0.25) is 11.8 Å². The fraction of sp³-hybridized carbons (Fsp3) is 0.333. The zero-order valence-corrected chi connectivity index (χ0v) is 25.1. The maximum atomic E-state index is 14.1. The van der Waals surface area contributed by atoms with Gasteiger partial charge in [-0.2, -0.15) is 0 Å². The van der Waals surface area contributed by atoms with Crippen LogP contribution in [-0.2, 0) is 26.2 Å². The maximum Gasteiger partial charge on any atom is 0.269 e. The number of nitrogens with zero attached hydrogens (tertiary/aromatic N) is 3. The van der Waals surface area contributed by atoms with Crippen LogP contribution in [0.15, 0.2) is 83.8 Å². The molecule has 0 aliphatic carbocycles. The second kappa shape index (κ2) is 13.5. The number of nitro benzene ring substituents is 1. The van der Waals surface area contributed by atoms with E-state index >= 15 is 0 Å². The molecule has 0 saturated heterocycles. The van der Waals surface area contributed by atoms with E-state index in [1.807, 2.05) is 20.8 Å². The Labute approximate surface area is 246 Å². The number of hydrogen-bond donors (Lipinski definition) is 1. The average molecular weight is 597 g/mol. The van der Waals surface area contributed by atoms with Crippen molar-refractivity contribution in [3.05, 3.63) is 94.5 Å². The van der Waals surface area contributed by atoms with E-state index in [9.17, 15) is 28.1 Å². The van der Waals surface area contributed by atoms with E-state index in [0.29, 0.717) is 11.3 Å². The van der Waals surface area contributed by atoms with E-state index in [1.54, 1.807) is 49.4 Å². The minimum Gasteiger partial charge on any atom is -0.497 e. The first-order valence-corrected chi connectivity index (χ1v) is 14.8. The summed E-state index contributed by atoms with van der Waals surface area (Å²) in [5.41, 5.74) is -0.0630. The van der Waals surface area contributed by atoms with Gasteiger partial charge in [0.1, 0.15) is 18.3 Å². The number of methoxy groups -OCH3 is 1. The van der Waals surface area contributed by atoms with Crippen LogP contribution in [0.4, 0.5) is 11.4 Å². The Morgan fingerprint density at radius 3 is 2.19 bits per heavy atom. The molecule has 42 heavy (non-hydrogen) atoms. The van der Waals surface area contributed by atoms with Crippen molar-refractivity contribution in [3.8, 4) is 5.75 Å². The Morgan fingerprint density at radius 1 is 1.00 bits per heavy atom. The van der Waals surface area contributed by atoms with Gasteiger partial charge in [0.05, 0.1) is 22.6 Å². The molecule has 1 atom stereocenters. The molecule has 0 aliphatic rings. The van der Waals surface area contributed by atoms with Gasteiger partial charge in [-0.3, -0.25) is 24.0 Å². The molecule has 3 aromatic rings. The molecule has 1 N–H and O–H groups in total. The van der Waals surface area contributed by atoms with Crippen LogP contribution in [0.5, 0.6) is 5.75 Å². The number of non-ortho nitro benzene ring substituents is 1. The Kier molecular flexibility index (Phi) is 10.3. The molecule has 3 aromatic carbocycles. The lowest BCUT2D eigenvalue weighted by Crippen LogP contribution is -2.55. The van der Waals surface area contributed by atoms with Gasteiger partial charge in [-0.25, -0.2) is 8.42 Å². The summed E-state index contributed by atoms with van der Waals surface area (Å²) in [5.74, 6) is -0.452. The highest BCUT2D eigenvalue weighted by Gasteiger charge is 2.34. The summed E-state index contributed by atoms with van der Waals surface area (Å²) in [6, 6.07) is 18.6. The van der Waals surface area contributed by atoms with Crippen LogP contribution >= 0.6 is 0 Å². The van der Waals surface area contributed by atoms with E-state index in [1.165, 1.54) is 48.4 Å². The molecule has 11 nitrogen and oxygen atoms in total. The van der Waals surface area contributed by atoms with Crippen LogP contribution < -0.4 is 14.4 Å². The fourth-order valence-electron chi connectivity index (χ4n) is 4.33. The molecule has 0 spiro atoms. The number of benzene rings is 3. The van der Waals surface area contributed by atoms with Crippen molar-refractivity contribution < 1.29 is 27.7 Å². The topological polar surface area (TPSA) is 139 Å². The van der Waals surface area contributed by atoms with E-state index in [-0.39, 0.29) is 35.1 Å². The molecular weight excluding hydrogens is 560 g/mol. The van der Waals surface area contributed by atoms with Gasteiger partial charge in [0.25, 0.3) is 15.7 Å². The molecule has 0 unspecified atom stereocenters. The van der Waals surface area contributed by atoms with Crippen LogP contribution in [0.25, 0.3) is 0 Å². The third-order valence-corrected chi connectivity index (χ3v) is 8.12. The Bertz CT molecular complexity index is 1500. The number of sulfonamides is 1. The Morgan fingerprint density at radius 2 is 1.64 bits per heavy atom. The molecule has 3 rings (SSSR count). The summed E-state index contributed by atoms with van der Waals surface area (Å²) in [4.78, 5) is 39.4. The highest BCUT2D eigenvalue weighted by atomic mass is 32.2. The fourth-order valence-corrected chi connectivity index (χ4v) is 5.76. The van der Waals surface area contributed by atoms with Crippen molar-refractivity contribution in [2.24, 2.45) is 0 Å². The smallest absolute Gasteiger partial charge is 0.269 e. The number of hydrogen-bond acceptors (Lipinski definition) is 7. The summed E-state index contributed by atoms with van der Waals surface area (Å²) < 4.78 is 33.9. The number of carbonyl (C=O) groups excluding carboxylic acids is 2. The maximum absolute atomic E-state index is 14.1. The van der Waals surface area contributed by atoms with Crippen molar-refractivity contribution in [1.82, 2.24) is 10.2 Å². The van der Waals surface area contributed by atoms with Gasteiger partial charge in [-0.05, 0) is 69.2 Å². The first-order chi connectivity index (χ1) is 19.8. The summed E-state index contributed by atoms with van der Waals surface area (Å²) in [5, 5.41) is 14.1. The predicted octanol–water partition coefficient (Wildman–Crippen LogP) is 4.52. The predicted molar refractivity (Wildman–Crippen MR) is 160 cm³/mol. The van der Waals surface area contributed by atoms with E-state index in [4.69, 9.17) is 4.74 Å². The minimum atomic E-state index is -4.29. The number of rotatable bonds is 12. The van der Waals surface area contributed by atoms with E-state index in [0.717, 1.165) is 4.31 Å². The van der Waals surface area contributed by atoms with Crippen molar-refractivity contribution in [3.63, 3.8) is 0 Å². The second-order valence-electron chi connectivity index (χ2n) is 10.6. The van der Waals surface area contributed by atoms with Gasteiger partial charge in [-0.1, -0.05) is 37.3 Å². The lowest BCUT2D eigenvalue weighted by Gasteiger charge is -2.34. The third-order valence-electron chi connectivity index (χ3n) is 6.33. The molecule has 0 bridgehead atoms. The van der Waals surface area contributed by atoms with Gasteiger partial charge >= 0.3 is 0 Å². The Hall–Kier alpha value is -4.45. The molecule has 12 heteroatoms. The first-order valence-electron chi connectivity index (χ1n) is 13.3. The van der Waals surface area contributed by atoms with Crippen LogP contribution in [0.2, 0.25) is 0 Å². The molecule has 224 valence electrons. The van der Waals surface area contributed by atoms with E-state index in [2.05, 4.69) is 5.32 Å². The zero-order chi connectivity index (χ0) is 31.1. The highest BCUT2D eigenvalue weighted by Crippen LogP contribution is 2.27. The Balaban J connectivity index is 2.09. The van der Waals surface area contributed by atoms with Gasteiger partial charge in [0.15, 0.2) is 0 Å². The van der Waals surface area contributed by atoms with Gasteiger partial charge in [0, 0.05) is 24.2 Å². The average Bonchev–Trinajstić information content (AvgIpc) is 2.95. The number of ether oxygens (including phenoxy) is 1. The summed E-state index contributed by atoms with van der Waals surface area (Å²) in [6.07, 6.45) is 0.264. The molecule has 2 amide bonds. The molecule has 0 aliphatic heterocycles. The van der Waals surface area contributed by atoms with Gasteiger partial charge < -0.3 is 15.0 Å². The summed E-state index contributed by atoms with van der Waals surface area (Å²) in [6.45, 7) is 6.61. The largest absolute Gasteiger partial charge is 0.497 e. The molecule has 0 fully saturated rings.